The third-order valence-corrected chi connectivity index (χ3v) is 2.28. The number of nitrogens with zero attached hydrogens (tertiary/aromatic N) is 2. The second-order valence-electron chi connectivity index (χ2n) is 4.95. The first kappa shape index (κ1) is 15.2. The highest BCUT2D eigenvalue weighted by Crippen LogP contribution is 2.21. The first-order chi connectivity index (χ1) is 8.81. The fourth-order valence-corrected chi connectivity index (χ4v) is 1.36. The minimum atomic E-state index is -0.913. The van der Waals surface area contributed by atoms with Crippen LogP contribution >= 0.6 is 0 Å². The average Bonchev–Trinajstić information content (AvgIpc) is 2.32. The second kappa shape index (κ2) is 6.33. The smallest absolute Gasteiger partial charge is 0.276 e. The van der Waals surface area contributed by atoms with Crippen LogP contribution in [0, 0.1) is 10.1 Å². The van der Waals surface area contributed by atoms with Crippen LogP contribution in [0.5, 0.6) is 0 Å². The molecule has 0 aliphatic heterocycles. The van der Waals surface area contributed by atoms with E-state index < -0.39 is 10.5 Å². The molecule has 0 unspecified atom stereocenters. The molecule has 1 heterocycles. The molecule has 0 fully saturated rings. The van der Waals surface area contributed by atoms with Crippen molar-refractivity contribution in [2.45, 2.75) is 32.8 Å². The van der Waals surface area contributed by atoms with Gasteiger partial charge in [-0.05, 0) is 20.3 Å². The number of pyridine rings is 1. The molecule has 0 saturated heterocycles. The highest BCUT2D eigenvalue weighted by Gasteiger charge is 2.15. The zero-order chi connectivity index (χ0) is 14.5. The largest absolute Gasteiger partial charge is 0.389 e. The quantitative estimate of drug-likeness (QED) is 0.516. The van der Waals surface area contributed by atoms with E-state index in [2.05, 4.69) is 15.6 Å². The van der Waals surface area contributed by atoms with Gasteiger partial charge in [0.15, 0.2) is 0 Å². The van der Waals surface area contributed by atoms with E-state index in [1.807, 2.05) is 6.92 Å². The molecule has 0 aliphatic rings. The maximum atomic E-state index is 10.9. The van der Waals surface area contributed by atoms with E-state index in [0.29, 0.717) is 18.2 Å². The lowest BCUT2D eigenvalue weighted by Gasteiger charge is -2.18. The first-order valence-corrected chi connectivity index (χ1v) is 6.18. The molecule has 0 atom stereocenters. The Kier molecular flexibility index (Phi) is 5.05. The van der Waals surface area contributed by atoms with Crippen LogP contribution < -0.4 is 10.6 Å². The van der Waals surface area contributed by atoms with Gasteiger partial charge in [0, 0.05) is 13.1 Å². The summed E-state index contributed by atoms with van der Waals surface area (Å²) in [5.74, 6) is 0.823. The van der Waals surface area contributed by atoms with Crippen LogP contribution in [0.1, 0.15) is 27.2 Å². The first-order valence-electron chi connectivity index (χ1n) is 6.18. The lowest BCUT2D eigenvalue weighted by atomic mass is 10.1. The topological polar surface area (TPSA) is 100 Å². The highest BCUT2D eigenvalue weighted by atomic mass is 16.6. The summed E-state index contributed by atoms with van der Waals surface area (Å²) in [7, 11) is 0. The molecule has 3 N–H and O–H groups in total. The van der Waals surface area contributed by atoms with Gasteiger partial charge in [0.25, 0.3) is 5.69 Å². The van der Waals surface area contributed by atoms with Gasteiger partial charge in [-0.25, -0.2) is 4.98 Å². The van der Waals surface area contributed by atoms with Crippen molar-refractivity contribution in [2.24, 2.45) is 0 Å². The van der Waals surface area contributed by atoms with Crippen LogP contribution in [0.25, 0.3) is 0 Å². The summed E-state index contributed by atoms with van der Waals surface area (Å²) in [6.07, 6.45) is 0.900. The Bertz CT molecular complexity index is 443. The molecule has 19 heavy (non-hydrogen) atoms. The summed E-state index contributed by atoms with van der Waals surface area (Å²) in [5, 5.41) is 26.4. The molecule has 0 bridgehead atoms. The lowest BCUT2D eigenvalue weighted by Crippen LogP contribution is -2.29. The maximum absolute atomic E-state index is 10.9. The van der Waals surface area contributed by atoms with E-state index in [4.69, 9.17) is 0 Å². The number of anilines is 2. The van der Waals surface area contributed by atoms with Gasteiger partial charge < -0.3 is 15.7 Å². The van der Waals surface area contributed by atoms with Crippen LogP contribution in [0.2, 0.25) is 0 Å². The molecule has 0 radical (unpaired) electrons. The summed E-state index contributed by atoms with van der Waals surface area (Å²) in [6.45, 7) is 6.24. The van der Waals surface area contributed by atoms with Crippen molar-refractivity contribution in [1.82, 2.24) is 4.98 Å². The number of aromatic nitrogens is 1. The van der Waals surface area contributed by atoms with E-state index in [-0.39, 0.29) is 12.2 Å². The van der Waals surface area contributed by atoms with E-state index >= 15 is 0 Å². The SMILES string of the molecule is CCCNc1cc([N+](=O)[O-])cc(NCC(C)(C)O)n1. The summed E-state index contributed by atoms with van der Waals surface area (Å²) in [4.78, 5) is 14.6. The van der Waals surface area contributed by atoms with Gasteiger partial charge in [0.1, 0.15) is 11.6 Å². The second-order valence-corrected chi connectivity index (χ2v) is 4.95. The van der Waals surface area contributed by atoms with E-state index in [0.717, 1.165) is 6.42 Å². The normalized spacial score (nSPS) is 11.2. The number of rotatable bonds is 7. The Morgan fingerprint density at radius 1 is 1.37 bits per heavy atom. The summed E-state index contributed by atoms with van der Waals surface area (Å²) in [6, 6.07) is 2.74. The monoisotopic (exact) mass is 268 g/mol. The fraction of sp³-hybridized carbons (Fsp3) is 0.583. The number of nitrogens with one attached hydrogen (secondary N) is 2. The van der Waals surface area contributed by atoms with Gasteiger partial charge in [0.05, 0.1) is 22.7 Å². The number of nitro groups is 1. The fourth-order valence-electron chi connectivity index (χ4n) is 1.36. The minimum Gasteiger partial charge on any atom is -0.389 e. The standard InChI is InChI=1S/C12H20N4O3/c1-4-5-13-10-6-9(16(18)19)7-11(15-10)14-8-12(2,3)17/h6-7,17H,4-5,8H2,1-3H3,(H2,13,14,15). The van der Waals surface area contributed by atoms with Crippen LogP contribution in [0.15, 0.2) is 12.1 Å². The molecule has 7 heteroatoms. The molecule has 0 spiro atoms. The van der Waals surface area contributed by atoms with Crippen molar-refractivity contribution >= 4 is 17.3 Å². The molecule has 7 nitrogen and oxygen atoms in total. The van der Waals surface area contributed by atoms with Gasteiger partial charge in [-0.15, -0.1) is 0 Å². The Labute approximate surface area is 112 Å². The van der Waals surface area contributed by atoms with Crippen molar-refractivity contribution in [3.05, 3.63) is 22.2 Å². The molecule has 1 rings (SSSR count). The molecule has 0 aliphatic carbocycles. The van der Waals surface area contributed by atoms with Crippen molar-refractivity contribution in [1.29, 1.82) is 0 Å². The third kappa shape index (κ3) is 5.52. The molecule has 0 saturated carbocycles. The molecule has 1 aromatic heterocycles. The van der Waals surface area contributed by atoms with Crippen LogP contribution in [0.3, 0.4) is 0 Å². The lowest BCUT2D eigenvalue weighted by molar-refractivity contribution is -0.384. The van der Waals surface area contributed by atoms with Gasteiger partial charge in [-0.3, -0.25) is 10.1 Å². The molecule has 0 aromatic carbocycles. The molecular formula is C12H20N4O3. The van der Waals surface area contributed by atoms with Crippen LogP contribution in [0.4, 0.5) is 17.3 Å². The zero-order valence-electron chi connectivity index (χ0n) is 11.4. The molecule has 0 amide bonds. The average molecular weight is 268 g/mol. The van der Waals surface area contributed by atoms with Crippen molar-refractivity contribution in [3.63, 3.8) is 0 Å². The Balaban J connectivity index is 2.89. The van der Waals surface area contributed by atoms with Gasteiger partial charge in [-0.1, -0.05) is 6.92 Å². The summed E-state index contributed by atoms with van der Waals surface area (Å²) in [5.41, 5.74) is -0.949. The minimum absolute atomic E-state index is 0.0353. The number of hydrogen-bond donors (Lipinski definition) is 3. The van der Waals surface area contributed by atoms with E-state index in [1.54, 1.807) is 13.8 Å². The number of aliphatic hydroxyl groups is 1. The van der Waals surface area contributed by atoms with E-state index in [1.165, 1.54) is 12.1 Å². The van der Waals surface area contributed by atoms with Crippen LogP contribution in [-0.4, -0.2) is 33.7 Å². The highest BCUT2D eigenvalue weighted by molar-refractivity contribution is 5.54. The maximum Gasteiger partial charge on any atom is 0.276 e. The molecule has 1 aromatic rings. The summed E-state index contributed by atoms with van der Waals surface area (Å²) < 4.78 is 0. The van der Waals surface area contributed by atoms with E-state index in [9.17, 15) is 15.2 Å². The molecular weight excluding hydrogens is 248 g/mol. The number of hydrogen-bond acceptors (Lipinski definition) is 6. The van der Waals surface area contributed by atoms with Gasteiger partial charge >= 0.3 is 0 Å². The Morgan fingerprint density at radius 2 is 1.95 bits per heavy atom. The van der Waals surface area contributed by atoms with Gasteiger partial charge in [0.2, 0.25) is 0 Å². The van der Waals surface area contributed by atoms with Crippen molar-refractivity contribution < 1.29 is 10.0 Å². The third-order valence-electron chi connectivity index (χ3n) is 2.28. The Hall–Kier alpha value is -1.89. The van der Waals surface area contributed by atoms with Crippen molar-refractivity contribution in [2.75, 3.05) is 23.7 Å². The van der Waals surface area contributed by atoms with Gasteiger partial charge in [-0.2, -0.15) is 0 Å². The zero-order valence-corrected chi connectivity index (χ0v) is 11.4. The molecule has 106 valence electrons. The predicted molar refractivity (Wildman–Crippen MR) is 74.5 cm³/mol. The Morgan fingerprint density at radius 3 is 2.42 bits per heavy atom. The summed E-state index contributed by atoms with van der Waals surface area (Å²) >= 11 is 0. The predicted octanol–water partition coefficient (Wildman–Crippen LogP) is 1.99. The van der Waals surface area contributed by atoms with Crippen LogP contribution in [-0.2, 0) is 0 Å². The van der Waals surface area contributed by atoms with Crippen molar-refractivity contribution in [3.8, 4) is 0 Å².